The maximum absolute atomic E-state index is 14.3. The summed E-state index contributed by atoms with van der Waals surface area (Å²) >= 11 is 0. The number of halogens is 5. The molecule has 3 aromatic rings. The Morgan fingerprint density at radius 3 is 2.19 bits per heavy atom. The van der Waals surface area contributed by atoms with Crippen molar-refractivity contribution < 1.29 is 42.4 Å². The Morgan fingerprint density at radius 1 is 1.00 bits per heavy atom. The van der Waals surface area contributed by atoms with Gasteiger partial charge < -0.3 is 20.4 Å². The summed E-state index contributed by atoms with van der Waals surface area (Å²) in [6.45, 7) is 3.44. The monoisotopic (exact) mass is 629 g/mol. The number of hydrogen-bond acceptors (Lipinski definition) is 6. The van der Waals surface area contributed by atoms with Crippen molar-refractivity contribution in [1.82, 2.24) is 15.0 Å². The van der Waals surface area contributed by atoms with Gasteiger partial charge in [0.05, 0.1) is 30.6 Å². The molecule has 0 bridgehead atoms. The van der Waals surface area contributed by atoms with Gasteiger partial charge >= 0.3 is 0 Å². The molecule has 5 rings (SSSR count). The zero-order valence-electron chi connectivity index (χ0n) is 23.7. The van der Waals surface area contributed by atoms with Gasteiger partial charge in [-0.15, -0.1) is 5.10 Å². The topological polar surface area (TPSA) is 112 Å². The highest BCUT2D eigenvalue weighted by Crippen LogP contribution is 2.61. The molecule has 2 unspecified atom stereocenters. The highest BCUT2D eigenvalue weighted by molar-refractivity contribution is 8.18. The van der Waals surface area contributed by atoms with Crippen LogP contribution in [0.15, 0.2) is 42.6 Å². The van der Waals surface area contributed by atoms with Crippen molar-refractivity contribution in [1.29, 1.82) is 0 Å². The average molecular weight is 630 g/mol. The van der Waals surface area contributed by atoms with Crippen molar-refractivity contribution in [3.8, 4) is 11.3 Å². The lowest BCUT2D eigenvalue weighted by Gasteiger charge is -2.53. The summed E-state index contributed by atoms with van der Waals surface area (Å²) in [4.78, 5) is 0. The van der Waals surface area contributed by atoms with Crippen LogP contribution >= 0.6 is 10.9 Å². The number of aliphatic hydroxyl groups is 4. The highest BCUT2D eigenvalue weighted by Gasteiger charge is 2.54. The van der Waals surface area contributed by atoms with Gasteiger partial charge in [-0.05, 0) is 42.0 Å². The van der Waals surface area contributed by atoms with Crippen LogP contribution in [0.1, 0.15) is 67.9 Å². The Balaban J connectivity index is 1.52. The fraction of sp³-hybridized carbons (Fsp3) is 0.533. The van der Waals surface area contributed by atoms with Gasteiger partial charge in [0.25, 0.3) is 0 Å². The zero-order valence-corrected chi connectivity index (χ0v) is 24.6. The number of hydrogen-bond donors (Lipinski definition) is 5. The number of benzene rings is 2. The highest BCUT2D eigenvalue weighted by atomic mass is 32.2. The SMILES string of the molecule is CC(C)c1ccccc1C([SH]1C[C@H](O)[C@H](n2cc(-c3cc(F)c(F)c(F)c3)nn2)[C@@H](O)[C@H]1CO)C1(O)CCC(F)(F)CC1. The quantitative estimate of drug-likeness (QED) is 0.146. The first-order valence-electron chi connectivity index (χ1n) is 14.2. The van der Waals surface area contributed by atoms with E-state index < -0.39 is 88.1 Å². The van der Waals surface area contributed by atoms with E-state index in [1.54, 1.807) is 6.07 Å². The van der Waals surface area contributed by atoms with E-state index >= 15 is 0 Å². The third-order valence-electron chi connectivity index (χ3n) is 8.85. The summed E-state index contributed by atoms with van der Waals surface area (Å²) < 4.78 is 70.8. The van der Waals surface area contributed by atoms with Gasteiger partial charge in [0.2, 0.25) is 5.92 Å². The van der Waals surface area contributed by atoms with E-state index in [9.17, 15) is 42.4 Å². The Labute approximate surface area is 248 Å². The van der Waals surface area contributed by atoms with Crippen LogP contribution in [-0.2, 0) is 0 Å². The first-order valence-corrected chi connectivity index (χ1v) is 15.9. The summed E-state index contributed by atoms with van der Waals surface area (Å²) in [6.07, 6.45) is -2.77. The van der Waals surface area contributed by atoms with E-state index in [2.05, 4.69) is 10.3 Å². The number of rotatable bonds is 7. The standard InChI is InChI=1S/C30H36F5N3O4S/c1-16(2)18-5-3-4-6-19(18)28(29(42)7-9-30(34,35)10-8-29)43-15-23(40)26(27(41)24(43)14-39)38-13-22(36-37-38)17-11-20(31)25(33)21(32)12-17/h3-6,11-13,16,23-24,26-28,39-43H,7-10,14-15H2,1-2H3/t23-,24+,26-,27-,28?/m0/s1. The van der Waals surface area contributed by atoms with Crippen LogP contribution in [0.4, 0.5) is 22.0 Å². The molecule has 0 spiro atoms. The van der Waals surface area contributed by atoms with Crippen LogP contribution in [0, 0.1) is 17.5 Å². The van der Waals surface area contributed by atoms with Gasteiger partial charge in [-0.1, -0.05) is 43.3 Å². The van der Waals surface area contributed by atoms with E-state index in [1.807, 2.05) is 32.0 Å². The summed E-state index contributed by atoms with van der Waals surface area (Å²) in [5.41, 5.74) is -0.0500. The van der Waals surface area contributed by atoms with Gasteiger partial charge in [0.15, 0.2) is 17.5 Å². The number of aliphatic hydroxyl groups excluding tert-OH is 3. The van der Waals surface area contributed by atoms with Gasteiger partial charge in [-0.3, -0.25) is 0 Å². The van der Waals surface area contributed by atoms with Crippen molar-refractivity contribution in [2.24, 2.45) is 0 Å². The van der Waals surface area contributed by atoms with Crippen molar-refractivity contribution >= 4 is 10.9 Å². The smallest absolute Gasteiger partial charge is 0.248 e. The molecule has 1 aromatic heterocycles. The second-order valence-corrected chi connectivity index (χ2v) is 14.6. The minimum atomic E-state index is -2.91. The van der Waals surface area contributed by atoms with Crippen LogP contribution in [0.25, 0.3) is 11.3 Å². The molecule has 2 fully saturated rings. The maximum atomic E-state index is 14.3. The Morgan fingerprint density at radius 2 is 1.60 bits per heavy atom. The first kappa shape index (κ1) is 31.8. The van der Waals surface area contributed by atoms with Crippen LogP contribution in [0.2, 0.25) is 0 Å². The molecule has 6 atom stereocenters. The summed E-state index contributed by atoms with van der Waals surface area (Å²) in [7, 11) is -1.61. The Kier molecular flexibility index (Phi) is 8.94. The third kappa shape index (κ3) is 6.06. The Hall–Kier alpha value is -2.58. The van der Waals surface area contributed by atoms with Crippen LogP contribution in [-0.4, -0.2) is 76.8 Å². The summed E-state index contributed by atoms with van der Waals surface area (Å²) in [5, 5.41) is 52.0. The molecule has 43 heavy (non-hydrogen) atoms. The van der Waals surface area contributed by atoms with Gasteiger partial charge in [0.1, 0.15) is 11.7 Å². The van der Waals surface area contributed by atoms with E-state index in [-0.39, 0.29) is 35.8 Å². The molecular weight excluding hydrogens is 593 g/mol. The molecule has 1 saturated heterocycles. The average Bonchev–Trinajstić information content (AvgIpc) is 3.43. The van der Waals surface area contributed by atoms with E-state index in [0.29, 0.717) is 0 Å². The molecular formula is C30H36F5N3O4S. The van der Waals surface area contributed by atoms with Crippen LogP contribution < -0.4 is 0 Å². The van der Waals surface area contributed by atoms with Crippen LogP contribution in [0.3, 0.4) is 0 Å². The maximum Gasteiger partial charge on any atom is 0.248 e. The molecule has 2 aliphatic rings. The second-order valence-electron chi connectivity index (χ2n) is 12.0. The molecule has 1 aliphatic heterocycles. The zero-order chi connectivity index (χ0) is 31.3. The minimum absolute atomic E-state index is 0.0250. The molecule has 236 valence electrons. The summed E-state index contributed by atoms with van der Waals surface area (Å²) in [6, 6.07) is 7.79. The fourth-order valence-electron chi connectivity index (χ4n) is 6.60. The predicted molar refractivity (Wildman–Crippen MR) is 153 cm³/mol. The summed E-state index contributed by atoms with van der Waals surface area (Å²) in [5.74, 6) is -7.32. The third-order valence-corrected chi connectivity index (χ3v) is 12.4. The largest absolute Gasteiger partial charge is 0.395 e. The first-order chi connectivity index (χ1) is 20.3. The van der Waals surface area contributed by atoms with E-state index in [4.69, 9.17) is 0 Å². The van der Waals surface area contributed by atoms with Crippen molar-refractivity contribution in [2.45, 2.75) is 85.7 Å². The van der Waals surface area contributed by atoms with Crippen molar-refractivity contribution in [3.05, 3.63) is 71.2 Å². The number of thiol groups is 1. The van der Waals surface area contributed by atoms with Gasteiger partial charge in [-0.25, -0.2) is 37.5 Å². The number of aromatic nitrogens is 3. The molecule has 0 radical (unpaired) electrons. The van der Waals surface area contributed by atoms with E-state index in [0.717, 1.165) is 27.9 Å². The predicted octanol–water partition coefficient (Wildman–Crippen LogP) is 4.81. The molecule has 1 aliphatic carbocycles. The molecule has 2 aromatic carbocycles. The molecule has 0 amide bonds. The second kappa shape index (κ2) is 12.1. The molecule has 13 heteroatoms. The molecule has 4 N–H and O–H groups in total. The van der Waals surface area contributed by atoms with Crippen LogP contribution in [0.5, 0.6) is 0 Å². The van der Waals surface area contributed by atoms with Gasteiger partial charge in [0, 0.05) is 34.7 Å². The van der Waals surface area contributed by atoms with Crippen molar-refractivity contribution in [3.63, 3.8) is 0 Å². The number of alkyl halides is 2. The molecule has 1 saturated carbocycles. The minimum Gasteiger partial charge on any atom is -0.395 e. The number of nitrogens with zero attached hydrogens (tertiary/aromatic N) is 3. The molecule has 2 heterocycles. The molecule has 7 nitrogen and oxygen atoms in total. The van der Waals surface area contributed by atoms with Gasteiger partial charge in [-0.2, -0.15) is 0 Å². The lowest BCUT2D eigenvalue weighted by molar-refractivity contribution is -0.105. The fourth-order valence-corrected chi connectivity index (χ4v) is 10.4. The lowest BCUT2D eigenvalue weighted by atomic mass is 9.77. The lowest BCUT2D eigenvalue weighted by Crippen LogP contribution is -2.53. The van der Waals surface area contributed by atoms with E-state index in [1.165, 1.54) is 6.20 Å². The van der Waals surface area contributed by atoms with Crippen molar-refractivity contribution in [2.75, 3.05) is 12.4 Å². The Bertz CT molecular complexity index is 1420. The normalized spacial score (nSPS) is 28.6.